The first-order valence-electron chi connectivity index (χ1n) is 8.18. The van der Waals surface area contributed by atoms with Gasteiger partial charge in [-0.25, -0.2) is 4.98 Å². The minimum atomic E-state index is 0.316. The summed E-state index contributed by atoms with van der Waals surface area (Å²) >= 11 is 0. The van der Waals surface area contributed by atoms with E-state index in [1.807, 2.05) is 32.0 Å². The van der Waals surface area contributed by atoms with Gasteiger partial charge in [0.1, 0.15) is 12.1 Å². The number of aryl methyl sites for hydroxylation is 2. The van der Waals surface area contributed by atoms with Crippen molar-refractivity contribution in [2.24, 2.45) is 0 Å². The molecule has 1 atom stereocenters. The quantitative estimate of drug-likeness (QED) is 0.783. The van der Waals surface area contributed by atoms with Crippen molar-refractivity contribution < 1.29 is 0 Å². The molecular weight excluding hydrogens is 304 g/mol. The van der Waals surface area contributed by atoms with Crippen molar-refractivity contribution in [2.45, 2.75) is 32.7 Å². The van der Waals surface area contributed by atoms with Gasteiger partial charge in [-0.1, -0.05) is 0 Å². The third-order valence-electron chi connectivity index (χ3n) is 4.26. The predicted octanol–water partition coefficient (Wildman–Crippen LogP) is 1.61. The Morgan fingerprint density at radius 3 is 2.92 bits per heavy atom. The van der Waals surface area contributed by atoms with E-state index in [9.17, 15) is 0 Å². The Labute approximate surface area is 140 Å². The molecule has 0 saturated carbocycles. The SMILES string of the molecule is Cc1ccc(N2CCC[C@@H](Nc3cc(C)nc4ncnn34)C2)nn1. The van der Waals surface area contributed by atoms with Crippen LogP contribution in [0, 0.1) is 13.8 Å². The molecule has 0 spiro atoms. The van der Waals surface area contributed by atoms with Crippen molar-refractivity contribution in [3.63, 3.8) is 0 Å². The number of hydrogen-bond acceptors (Lipinski definition) is 7. The molecule has 4 rings (SSSR count). The summed E-state index contributed by atoms with van der Waals surface area (Å²) in [7, 11) is 0. The Bertz CT molecular complexity index is 841. The van der Waals surface area contributed by atoms with Crippen LogP contribution in [0.25, 0.3) is 5.78 Å². The minimum Gasteiger partial charge on any atom is -0.365 e. The van der Waals surface area contributed by atoms with Crippen molar-refractivity contribution in [3.05, 3.63) is 35.9 Å². The molecule has 0 bridgehead atoms. The first kappa shape index (κ1) is 14.8. The summed E-state index contributed by atoms with van der Waals surface area (Å²) in [5.41, 5.74) is 1.86. The van der Waals surface area contributed by atoms with Crippen LogP contribution < -0.4 is 10.2 Å². The van der Waals surface area contributed by atoms with Crippen LogP contribution in [0.15, 0.2) is 24.5 Å². The molecule has 24 heavy (non-hydrogen) atoms. The highest BCUT2D eigenvalue weighted by Crippen LogP contribution is 2.20. The molecule has 4 heterocycles. The van der Waals surface area contributed by atoms with Crippen LogP contribution in [0.2, 0.25) is 0 Å². The lowest BCUT2D eigenvalue weighted by atomic mass is 10.1. The van der Waals surface area contributed by atoms with Gasteiger partial charge in [0.2, 0.25) is 0 Å². The number of nitrogens with zero attached hydrogens (tertiary/aromatic N) is 7. The minimum absolute atomic E-state index is 0.316. The van der Waals surface area contributed by atoms with Gasteiger partial charge in [0.15, 0.2) is 5.82 Å². The standard InChI is InChI=1S/C16H20N8/c1-11-5-6-14(22-21-11)23-7-3-4-13(9-23)20-15-8-12(2)19-16-17-10-18-24(15)16/h5-6,8,10,13,20H,3-4,7,9H2,1-2H3/t13-/m1/s1. The first-order valence-corrected chi connectivity index (χ1v) is 8.18. The summed E-state index contributed by atoms with van der Waals surface area (Å²) in [6, 6.07) is 6.37. The van der Waals surface area contributed by atoms with Gasteiger partial charge in [0.25, 0.3) is 5.78 Å². The highest BCUT2D eigenvalue weighted by atomic mass is 15.4. The van der Waals surface area contributed by atoms with Gasteiger partial charge < -0.3 is 10.2 Å². The number of rotatable bonds is 3. The molecule has 1 aliphatic heterocycles. The van der Waals surface area contributed by atoms with Gasteiger partial charge in [0.05, 0.1) is 5.69 Å². The molecule has 1 saturated heterocycles. The monoisotopic (exact) mass is 324 g/mol. The van der Waals surface area contributed by atoms with Crippen LogP contribution in [-0.4, -0.2) is 48.9 Å². The lowest BCUT2D eigenvalue weighted by Gasteiger charge is -2.34. The lowest BCUT2D eigenvalue weighted by Crippen LogP contribution is -2.43. The molecule has 1 fully saturated rings. The third kappa shape index (κ3) is 2.86. The maximum Gasteiger partial charge on any atom is 0.254 e. The maximum atomic E-state index is 4.38. The number of aromatic nitrogens is 6. The van der Waals surface area contributed by atoms with E-state index in [0.717, 1.165) is 49.0 Å². The summed E-state index contributed by atoms with van der Waals surface area (Å²) in [6.45, 7) is 5.81. The van der Waals surface area contributed by atoms with Gasteiger partial charge in [-0.3, -0.25) is 0 Å². The fraction of sp³-hybridized carbons (Fsp3) is 0.438. The number of hydrogen-bond donors (Lipinski definition) is 1. The summed E-state index contributed by atoms with van der Waals surface area (Å²) in [5.74, 6) is 2.48. The Hall–Kier alpha value is -2.77. The van der Waals surface area contributed by atoms with Crippen molar-refractivity contribution in [3.8, 4) is 0 Å². The van der Waals surface area contributed by atoms with E-state index in [1.165, 1.54) is 6.33 Å². The fourth-order valence-electron chi connectivity index (χ4n) is 3.11. The van der Waals surface area contributed by atoms with Crippen molar-refractivity contribution in [1.29, 1.82) is 0 Å². The molecule has 0 aromatic carbocycles. The van der Waals surface area contributed by atoms with Crippen LogP contribution in [0.3, 0.4) is 0 Å². The van der Waals surface area contributed by atoms with Gasteiger partial charge in [-0.15, -0.1) is 5.10 Å². The molecule has 1 aliphatic rings. The second kappa shape index (κ2) is 6.03. The van der Waals surface area contributed by atoms with Gasteiger partial charge in [-0.2, -0.15) is 19.7 Å². The van der Waals surface area contributed by atoms with Crippen LogP contribution in [-0.2, 0) is 0 Å². The summed E-state index contributed by atoms with van der Waals surface area (Å²) in [5, 5.41) is 16.3. The van der Waals surface area contributed by atoms with E-state index in [0.29, 0.717) is 11.8 Å². The van der Waals surface area contributed by atoms with Crippen molar-refractivity contribution in [2.75, 3.05) is 23.3 Å². The lowest BCUT2D eigenvalue weighted by molar-refractivity contribution is 0.522. The summed E-state index contributed by atoms with van der Waals surface area (Å²) in [6.07, 6.45) is 3.74. The van der Waals surface area contributed by atoms with E-state index in [1.54, 1.807) is 4.52 Å². The average molecular weight is 324 g/mol. The van der Waals surface area contributed by atoms with Gasteiger partial charge >= 0.3 is 0 Å². The Morgan fingerprint density at radius 2 is 2.08 bits per heavy atom. The highest BCUT2D eigenvalue weighted by Gasteiger charge is 2.22. The Kier molecular flexibility index (Phi) is 3.72. The normalized spacial score (nSPS) is 18.1. The third-order valence-corrected chi connectivity index (χ3v) is 4.26. The van der Waals surface area contributed by atoms with E-state index < -0.39 is 0 Å². The molecule has 0 radical (unpaired) electrons. The van der Waals surface area contributed by atoms with Gasteiger partial charge in [-0.05, 0) is 38.8 Å². The summed E-state index contributed by atoms with van der Waals surface area (Å²) < 4.78 is 1.75. The number of fused-ring (bicyclic) bond motifs is 1. The van der Waals surface area contributed by atoms with Crippen LogP contribution in [0.1, 0.15) is 24.2 Å². The number of nitrogens with one attached hydrogen (secondary N) is 1. The van der Waals surface area contributed by atoms with Crippen molar-refractivity contribution in [1.82, 2.24) is 29.8 Å². The molecular formula is C16H20N8. The topological polar surface area (TPSA) is 84.1 Å². The molecule has 8 heteroatoms. The smallest absolute Gasteiger partial charge is 0.254 e. The maximum absolute atomic E-state index is 4.38. The second-order valence-corrected chi connectivity index (χ2v) is 6.22. The molecule has 124 valence electrons. The molecule has 0 unspecified atom stereocenters. The molecule has 0 aliphatic carbocycles. The van der Waals surface area contributed by atoms with E-state index in [-0.39, 0.29) is 0 Å². The molecule has 0 amide bonds. The van der Waals surface area contributed by atoms with Gasteiger partial charge in [0, 0.05) is 30.9 Å². The second-order valence-electron chi connectivity index (χ2n) is 6.22. The molecule has 3 aromatic rings. The largest absolute Gasteiger partial charge is 0.365 e. The average Bonchev–Trinajstić information content (AvgIpc) is 3.04. The van der Waals surface area contributed by atoms with Crippen molar-refractivity contribution >= 4 is 17.4 Å². The molecule has 1 N–H and O–H groups in total. The molecule has 8 nitrogen and oxygen atoms in total. The van der Waals surface area contributed by atoms with E-state index in [4.69, 9.17) is 0 Å². The van der Waals surface area contributed by atoms with E-state index in [2.05, 4.69) is 35.5 Å². The predicted molar refractivity (Wildman–Crippen MR) is 91.1 cm³/mol. The fourth-order valence-corrected chi connectivity index (χ4v) is 3.11. The highest BCUT2D eigenvalue weighted by molar-refractivity contribution is 5.46. The Morgan fingerprint density at radius 1 is 1.17 bits per heavy atom. The zero-order valence-corrected chi connectivity index (χ0v) is 13.8. The number of anilines is 2. The van der Waals surface area contributed by atoms with Crippen LogP contribution >= 0.6 is 0 Å². The Balaban J connectivity index is 1.54. The summed E-state index contributed by atoms with van der Waals surface area (Å²) in [4.78, 5) is 10.8. The molecule has 3 aromatic heterocycles. The van der Waals surface area contributed by atoms with E-state index >= 15 is 0 Å². The van der Waals surface area contributed by atoms with Crippen LogP contribution in [0.4, 0.5) is 11.6 Å². The zero-order valence-electron chi connectivity index (χ0n) is 13.8. The van der Waals surface area contributed by atoms with Crippen LogP contribution in [0.5, 0.6) is 0 Å². The number of piperidine rings is 1. The zero-order chi connectivity index (χ0) is 16.5. The first-order chi connectivity index (χ1) is 11.7.